The average Bonchev–Trinajstić information content (AvgIpc) is 3.46. The predicted molar refractivity (Wildman–Crippen MR) is 151 cm³/mol. The molecule has 4 rings (SSSR count). The standard InChI is InChI=1S/C32H34N2O2S/c1-3-25(2)34(32(36)31(27-16-9-5-10-17-27)28-18-11-6-12-19-28)24-30(35)33(23-29-20-13-21-37-29)22-26-14-7-4-8-15-26/h4-21,25,31H,3,22-24H2,1-2H3/t25-/m1/s1. The lowest BCUT2D eigenvalue weighted by atomic mass is 9.89. The summed E-state index contributed by atoms with van der Waals surface area (Å²) in [5.74, 6) is -0.564. The first-order valence-electron chi connectivity index (χ1n) is 12.8. The molecule has 0 aliphatic heterocycles. The molecule has 0 aliphatic carbocycles. The van der Waals surface area contributed by atoms with Crippen molar-refractivity contribution < 1.29 is 9.59 Å². The van der Waals surface area contributed by atoms with Gasteiger partial charge in [0.25, 0.3) is 0 Å². The molecule has 1 aromatic heterocycles. The fourth-order valence-electron chi connectivity index (χ4n) is 4.48. The Balaban J connectivity index is 1.63. The zero-order valence-electron chi connectivity index (χ0n) is 21.5. The second kappa shape index (κ2) is 13.0. The van der Waals surface area contributed by atoms with Crippen LogP contribution in [0.5, 0.6) is 0 Å². The monoisotopic (exact) mass is 510 g/mol. The van der Waals surface area contributed by atoms with Crippen LogP contribution in [0, 0.1) is 0 Å². The molecule has 0 aliphatic rings. The summed E-state index contributed by atoms with van der Waals surface area (Å²) in [6.07, 6.45) is 0.763. The number of thiophene rings is 1. The van der Waals surface area contributed by atoms with Gasteiger partial charge in [-0.25, -0.2) is 0 Å². The van der Waals surface area contributed by atoms with E-state index in [9.17, 15) is 9.59 Å². The Bertz CT molecular complexity index is 1200. The number of amides is 2. The molecule has 4 aromatic rings. The van der Waals surface area contributed by atoms with E-state index in [-0.39, 0.29) is 24.4 Å². The maximum absolute atomic E-state index is 14.2. The van der Waals surface area contributed by atoms with Crippen molar-refractivity contribution >= 4 is 23.2 Å². The normalized spacial score (nSPS) is 11.8. The van der Waals surface area contributed by atoms with Crippen LogP contribution >= 0.6 is 11.3 Å². The number of carbonyl (C=O) groups excluding carboxylic acids is 2. The van der Waals surface area contributed by atoms with Gasteiger partial charge in [0.15, 0.2) is 0 Å². The molecule has 5 heteroatoms. The molecule has 0 radical (unpaired) electrons. The van der Waals surface area contributed by atoms with Crippen LogP contribution in [0.2, 0.25) is 0 Å². The minimum Gasteiger partial charge on any atom is -0.332 e. The third-order valence-electron chi connectivity index (χ3n) is 6.72. The number of carbonyl (C=O) groups is 2. The van der Waals surface area contributed by atoms with Crippen LogP contribution < -0.4 is 0 Å². The topological polar surface area (TPSA) is 40.6 Å². The van der Waals surface area contributed by atoms with Gasteiger partial charge in [0.1, 0.15) is 6.54 Å². The average molecular weight is 511 g/mol. The zero-order chi connectivity index (χ0) is 26.0. The fourth-order valence-corrected chi connectivity index (χ4v) is 5.20. The van der Waals surface area contributed by atoms with E-state index >= 15 is 0 Å². The van der Waals surface area contributed by atoms with Crippen molar-refractivity contribution in [3.8, 4) is 0 Å². The predicted octanol–water partition coefficient (Wildman–Crippen LogP) is 6.74. The molecule has 0 bridgehead atoms. The molecule has 1 atom stereocenters. The Kier molecular flexibility index (Phi) is 9.28. The van der Waals surface area contributed by atoms with E-state index < -0.39 is 5.92 Å². The summed E-state index contributed by atoms with van der Waals surface area (Å²) in [6, 6.07) is 33.7. The molecule has 190 valence electrons. The summed E-state index contributed by atoms with van der Waals surface area (Å²) in [6.45, 7) is 5.15. The van der Waals surface area contributed by atoms with Crippen molar-refractivity contribution in [1.82, 2.24) is 9.80 Å². The number of hydrogen-bond donors (Lipinski definition) is 0. The van der Waals surface area contributed by atoms with Crippen molar-refractivity contribution in [3.05, 3.63) is 130 Å². The maximum Gasteiger partial charge on any atom is 0.242 e. The summed E-state index contributed by atoms with van der Waals surface area (Å²) in [7, 11) is 0. The molecule has 3 aromatic carbocycles. The van der Waals surface area contributed by atoms with Crippen molar-refractivity contribution in [2.24, 2.45) is 0 Å². The van der Waals surface area contributed by atoms with Gasteiger partial charge in [-0.3, -0.25) is 9.59 Å². The van der Waals surface area contributed by atoms with E-state index in [1.165, 1.54) is 0 Å². The van der Waals surface area contributed by atoms with E-state index in [1.807, 2.05) is 120 Å². The summed E-state index contributed by atoms with van der Waals surface area (Å²) in [5.41, 5.74) is 2.93. The van der Waals surface area contributed by atoms with Crippen molar-refractivity contribution in [3.63, 3.8) is 0 Å². The number of rotatable bonds is 11. The van der Waals surface area contributed by atoms with Crippen LogP contribution in [0.15, 0.2) is 109 Å². The van der Waals surface area contributed by atoms with Gasteiger partial charge in [-0.2, -0.15) is 0 Å². The smallest absolute Gasteiger partial charge is 0.242 e. The molecule has 37 heavy (non-hydrogen) atoms. The maximum atomic E-state index is 14.2. The van der Waals surface area contributed by atoms with E-state index in [0.717, 1.165) is 28.0 Å². The first kappa shape index (κ1) is 26.4. The minimum atomic E-state index is -0.468. The van der Waals surface area contributed by atoms with Crippen LogP contribution in [0.3, 0.4) is 0 Å². The molecule has 0 fully saturated rings. The third-order valence-corrected chi connectivity index (χ3v) is 7.58. The summed E-state index contributed by atoms with van der Waals surface area (Å²) >= 11 is 1.64. The molecule has 1 heterocycles. The Morgan fingerprint density at radius 3 is 1.84 bits per heavy atom. The summed E-state index contributed by atoms with van der Waals surface area (Å²) in [4.78, 5) is 32.8. The van der Waals surface area contributed by atoms with Gasteiger partial charge >= 0.3 is 0 Å². The van der Waals surface area contributed by atoms with Gasteiger partial charge in [-0.15, -0.1) is 11.3 Å². The summed E-state index contributed by atoms with van der Waals surface area (Å²) in [5, 5.41) is 2.03. The second-order valence-corrected chi connectivity index (χ2v) is 10.3. The molecule has 2 amide bonds. The Morgan fingerprint density at radius 1 is 0.757 bits per heavy atom. The molecule has 0 spiro atoms. The van der Waals surface area contributed by atoms with E-state index in [2.05, 4.69) is 6.92 Å². The SMILES string of the molecule is CC[C@@H](C)N(CC(=O)N(Cc1ccccc1)Cc1cccs1)C(=O)C(c1ccccc1)c1ccccc1. The highest BCUT2D eigenvalue weighted by molar-refractivity contribution is 7.09. The largest absolute Gasteiger partial charge is 0.332 e. The van der Waals surface area contributed by atoms with Crippen LogP contribution in [0.1, 0.15) is 47.8 Å². The van der Waals surface area contributed by atoms with Crippen LogP contribution in [-0.2, 0) is 22.7 Å². The first-order valence-corrected chi connectivity index (χ1v) is 13.7. The molecular formula is C32H34N2O2S. The van der Waals surface area contributed by atoms with Crippen molar-refractivity contribution in [1.29, 1.82) is 0 Å². The lowest BCUT2D eigenvalue weighted by Crippen LogP contribution is -2.48. The Morgan fingerprint density at radius 2 is 1.32 bits per heavy atom. The molecule has 0 unspecified atom stereocenters. The number of benzene rings is 3. The summed E-state index contributed by atoms with van der Waals surface area (Å²) < 4.78 is 0. The first-order chi connectivity index (χ1) is 18.1. The number of nitrogens with zero attached hydrogens (tertiary/aromatic N) is 2. The highest BCUT2D eigenvalue weighted by Crippen LogP contribution is 2.28. The number of hydrogen-bond acceptors (Lipinski definition) is 3. The fraction of sp³-hybridized carbons (Fsp3) is 0.250. The lowest BCUT2D eigenvalue weighted by molar-refractivity contribution is -0.143. The van der Waals surface area contributed by atoms with Gasteiger partial charge in [0, 0.05) is 17.5 Å². The lowest BCUT2D eigenvalue weighted by Gasteiger charge is -2.34. The van der Waals surface area contributed by atoms with Crippen molar-refractivity contribution in [2.75, 3.05) is 6.54 Å². The van der Waals surface area contributed by atoms with E-state index in [0.29, 0.717) is 13.1 Å². The highest BCUT2D eigenvalue weighted by Gasteiger charge is 2.32. The van der Waals surface area contributed by atoms with Crippen LogP contribution in [0.4, 0.5) is 0 Å². The molecule has 0 saturated heterocycles. The van der Waals surface area contributed by atoms with Gasteiger partial charge in [0.05, 0.1) is 12.5 Å². The van der Waals surface area contributed by atoms with Crippen LogP contribution in [0.25, 0.3) is 0 Å². The molecule has 0 N–H and O–H groups in total. The molecule has 4 nitrogen and oxygen atoms in total. The van der Waals surface area contributed by atoms with E-state index in [4.69, 9.17) is 0 Å². The minimum absolute atomic E-state index is 0.0439. The van der Waals surface area contributed by atoms with Gasteiger partial charge in [-0.05, 0) is 41.5 Å². The van der Waals surface area contributed by atoms with Crippen molar-refractivity contribution in [2.45, 2.75) is 45.3 Å². The Hall–Kier alpha value is -3.70. The van der Waals surface area contributed by atoms with Gasteiger partial charge in [0.2, 0.25) is 11.8 Å². The van der Waals surface area contributed by atoms with Crippen LogP contribution in [-0.4, -0.2) is 34.2 Å². The molecular weight excluding hydrogens is 476 g/mol. The highest BCUT2D eigenvalue weighted by atomic mass is 32.1. The van der Waals surface area contributed by atoms with Gasteiger partial charge in [-0.1, -0.05) is 104 Å². The third kappa shape index (κ3) is 6.95. The Labute approximate surface area is 224 Å². The molecule has 0 saturated carbocycles. The zero-order valence-corrected chi connectivity index (χ0v) is 22.3. The van der Waals surface area contributed by atoms with Gasteiger partial charge < -0.3 is 9.80 Å². The second-order valence-electron chi connectivity index (χ2n) is 9.29. The quantitative estimate of drug-likeness (QED) is 0.224. The van der Waals surface area contributed by atoms with E-state index in [1.54, 1.807) is 16.2 Å².